The Morgan fingerprint density at radius 3 is 2.00 bits per heavy atom. The molecule has 0 bridgehead atoms. The standard InChI is InChI=1S/C10H11O.C8H14O2.C2H6.K/c1-3-9-6-4-5-7-10(9)8(2)11;1-6(8(3)10)4-5-7(2)9;1-2;/h4-5,7H,3H2,1-2H3;6H,4-5H2,1-3H3;1-2H3;/q-1;;;+1. The van der Waals surface area contributed by atoms with Gasteiger partial charge in [0, 0.05) is 12.3 Å². The summed E-state index contributed by atoms with van der Waals surface area (Å²) in [4.78, 5) is 32.1. The molecule has 0 aromatic heterocycles. The summed E-state index contributed by atoms with van der Waals surface area (Å²) in [7, 11) is 0. The van der Waals surface area contributed by atoms with Gasteiger partial charge in [-0.2, -0.15) is 29.8 Å². The average Bonchev–Trinajstić information content (AvgIpc) is 2.54. The minimum atomic E-state index is 0. The summed E-state index contributed by atoms with van der Waals surface area (Å²) in [6, 6.07) is 8.57. The molecule has 0 aliphatic carbocycles. The van der Waals surface area contributed by atoms with E-state index < -0.39 is 0 Å². The van der Waals surface area contributed by atoms with Crippen LogP contribution in [0.2, 0.25) is 0 Å². The van der Waals surface area contributed by atoms with E-state index in [1.54, 1.807) is 20.8 Å². The van der Waals surface area contributed by atoms with Crippen LogP contribution < -0.4 is 51.4 Å². The van der Waals surface area contributed by atoms with Gasteiger partial charge in [0.2, 0.25) is 0 Å². The normalized spacial score (nSPS) is 9.96. The Morgan fingerprint density at radius 2 is 1.67 bits per heavy atom. The maximum absolute atomic E-state index is 11.0. The molecule has 0 saturated carbocycles. The molecule has 1 aromatic rings. The van der Waals surface area contributed by atoms with Crippen molar-refractivity contribution in [3.63, 3.8) is 0 Å². The second-order valence-corrected chi connectivity index (χ2v) is 5.22. The Hall–Kier alpha value is -0.134. The van der Waals surface area contributed by atoms with Gasteiger partial charge in [-0.1, -0.05) is 39.7 Å². The molecule has 130 valence electrons. The summed E-state index contributed by atoms with van der Waals surface area (Å²) in [6.45, 7) is 12.6. The van der Waals surface area contributed by atoms with Crippen molar-refractivity contribution in [3.8, 4) is 0 Å². The zero-order valence-corrected chi connectivity index (χ0v) is 19.8. The number of Topliss-reactive ketones (excluding diaryl/α,β-unsaturated/α-hetero) is 3. The van der Waals surface area contributed by atoms with Gasteiger partial charge in [0.15, 0.2) is 0 Å². The van der Waals surface area contributed by atoms with Gasteiger partial charge in [0.1, 0.15) is 17.3 Å². The predicted octanol–water partition coefficient (Wildman–Crippen LogP) is 1.86. The van der Waals surface area contributed by atoms with E-state index in [0.29, 0.717) is 12.8 Å². The molecule has 0 heterocycles. The summed E-state index contributed by atoms with van der Waals surface area (Å²) in [5.74, 6) is 0.497. The SMILES string of the molecule is CC.CC(=O)CCC(C)C(C)=O.CCc1[c-]cccc1C(C)=O.[K+]. The van der Waals surface area contributed by atoms with E-state index in [9.17, 15) is 14.4 Å². The third-order valence-corrected chi connectivity index (χ3v) is 3.30. The van der Waals surface area contributed by atoms with Crippen LogP contribution in [-0.4, -0.2) is 17.3 Å². The molecule has 1 aromatic carbocycles. The number of ketones is 3. The van der Waals surface area contributed by atoms with Crippen LogP contribution in [0.25, 0.3) is 0 Å². The van der Waals surface area contributed by atoms with E-state index in [2.05, 4.69) is 6.07 Å². The Bertz CT molecular complexity index is 495. The van der Waals surface area contributed by atoms with Crippen molar-refractivity contribution in [2.24, 2.45) is 5.92 Å². The fourth-order valence-corrected chi connectivity index (χ4v) is 1.72. The molecular weight excluding hydrogens is 327 g/mol. The van der Waals surface area contributed by atoms with E-state index >= 15 is 0 Å². The quantitative estimate of drug-likeness (QED) is 0.443. The smallest absolute Gasteiger partial charge is 0.309 e. The predicted molar refractivity (Wildman–Crippen MR) is 95.8 cm³/mol. The molecule has 4 heteroatoms. The Labute approximate surface area is 190 Å². The summed E-state index contributed by atoms with van der Waals surface area (Å²) in [6.07, 6.45) is 2.10. The van der Waals surface area contributed by atoms with Gasteiger partial charge in [0.05, 0.1) is 0 Å². The van der Waals surface area contributed by atoms with Gasteiger partial charge >= 0.3 is 51.4 Å². The third kappa shape index (κ3) is 14.2. The minimum Gasteiger partial charge on any atom is -0.309 e. The van der Waals surface area contributed by atoms with Crippen molar-refractivity contribution in [1.82, 2.24) is 0 Å². The van der Waals surface area contributed by atoms with Gasteiger partial charge in [-0.25, -0.2) is 0 Å². The van der Waals surface area contributed by atoms with Gasteiger partial charge < -0.3 is 9.59 Å². The average molecular weight is 359 g/mol. The molecule has 24 heavy (non-hydrogen) atoms. The molecule has 0 radical (unpaired) electrons. The third-order valence-electron chi connectivity index (χ3n) is 3.30. The molecule has 0 amide bonds. The van der Waals surface area contributed by atoms with Crippen molar-refractivity contribution in [3.05, 3.63) is 35.4 Å². The summed E-state index contributed by atoms with van der Waals surface area (Å²) < 4.78 is 0. The molecule has 0 N–H and O–H groups in total. The molecule has 0 aliphatic heterocycles. The Balaban J connectivity index is -0.000000322. The van der Waals surface area contributed by atoms with Crippen LogP contribution in [0.1, 0.15) is 77.2 Å². The van der Waals surface area contributed by atoms with Gasteiger partial charge in [-0.3, -0.25) is 4.79 Å². The second kappa shape index (κ2) is 17.7. The maximum Gasteiger partial charge on any atom is 1.00 e. The molecule has 3 nitrogen and oxygen atoms in total. The molecule has 0 fully saturated rings. The van der Waals surface area contributed by atoms with E-state index in [0.717, 1.165) is 17.5 Å². The molecular formula is C20H31KO3. The first kappa shape index (κ1) is 28.7. The molecule has 1 unspecified atom stereocenters. The van der Waals surface area contributed by atoms with E-state index in [-0.39, 0.29) is 74.7 Å². The first-order chi connectivity index (χ1) is 10.8. The van der Waals surface area contributed by atoms with Crippen molar-refractivity contribution in [1.29, 1.82) is 0 Å². The van der Waals surface area contributed by atoms with E-state index in [1.165, 1.54) is 0 Å². The van der Waals surface area contributed by atoms with Crippen LogP contribution in [0.4, 0.5) is 0 Å². The van der Waals surface area contributed by atoms with Crippen LogP contribution in [0.3, 0.4) is 0 Å². The van der Waals surface area contributed by atoms with Gasteiger partial charge in [-0.15, -0.1) is 0 Å². The van der Waals surface area contributed by atoms with Crippen LogP contribution in [0.5, 0.6) is 0 Å². The molecule has 0 spiro atoms. The van der Waals surface area contributed by atoms with E-state index in [1.807, 2.05) is 45.9 Å². The number of hydrogen-bond donors (Lipinski definition) is 0. The van der Waals surface area contributed by atoms with Crippen molar-refractivity contribution in [2.75, 3.05) is 0 Å². The van der Waals surface area contributed by atoms with Crippen LogP contribution in [0, 0.1) is 12.0 Å². The second-order valence-electron chi connectivity index (χ2n) is 5.22. The Morgan fingerprint density at radius 1 is 1.12 bits per heavy atom. The number of carbonyl (C=O) groups excluding carboxylic acids is 3. The van der Waals surface area contributed by atoms with Crippen molar-refractivity contribution in [2.45, 2.75) is 67.7 Å². The maximum atomic E-state index is 11.0. The van der Waals surface area contributed by atoms with Crippen LogP contribution >= 0.6 is 0 Å². The monoisotopic (exact) mass is 358 g/mol. The summed E-state index contributed by atoms with van der Waals surface area (Å²) >= 11 is 0. The zero-order chi connectivity index (χ0) is 18.4. The number of hydrogen-bond acceptors (Lipinski definition) is 3. The fourth-order valence-electron chi connectivity index (χ4n) is 1.72. The zero-order valence-electron chi connectivity index (χ0n) is 16.7. The topological polar surface area (TPSA) is 51.2 Å². The summed E-state index contributed by atoms with van der Waals surface area (Å²) in [5, 5.41) is 0. The van der Waals surface area contributed by atoms with Crippen LogP contribution in [-0.2, 0) is 16.0 Å². The molecule has 1 rings (SSSR count). The number of aryl methyl sites for hydroxylation is 1. The van der Waals surface area contributed by atoms with Crippen molar-refractivity contribution < 1.29 is 65.8 Å². The first-order valence-corrected chi connectivity index (χ1v) is 8.29. The molecule has 1 atom stereocenters. The number of benzene rings is 1. The van der Waals surface area contributed by atoms with E-state index in [4.69, 9.17) is 0 Å². The minimum absolute atomic E-state index is 0. The summed E-state index contributed by atoms with van der Waals surface area (Å²) in [5.41, 5.74) is 1.81. The number of carbonyl (C=O) groups is 3. The first-order valence-electron chi connectivity index (χ1n) is 8.29. The van der Waals surface area contributed by atoms with Gasteiger partial charge in [-0.05, 0) is 27.2 Å². The number of rotatable bonds is 6. The van der Waals surface area contributed by atoms with Crippen LogP contribution in [0.15, 0.2) is 18.2 Å². The van der Waals surface area contributed by atoms with Crippen molar-refractivity contribution >= 4 is 17.3 Å². The molecule has 0 saturated heterocycles. The largest absolute Gasteiger partial charge is 1.00 e. The fraction of sp³-hybridized carbons (Fsp3) is 0.550. The Kier molecular flexibility index (Phi) is 21.1. The molecule has 0 aliphatic rings. The van der Waals surface area contributed by atoms with Gasteiger partial charge in [0.25, 0.3) is 0 Å².